The minimum Gasteiger partial charge on any atom is -0.489 e. The van der Waals surface area contributed by atoms with E-state index in [0.717, 1.165) is 22.6 Å². The highest BCUT2D eigenvalue weighted by molar-refractivity contribution is 5.78. The van der Waals surface area contributed by atoms with Crippen LogP contribution >= 0.6 is 0 Å². The number of aryl methyl sites for hydroxylation is 2. The summed E-state index contributed by atoms with van der Waals surface area (Å²) in [5.41, 5.74) is 3.14. The van der Waals surface area contributed by atoms with Crippen LogP contribution in [-0.4, -0.2) is 28.8 Å². The number of benzene rings is 1. The molecule has 0 aliphatic rings. The molecule has 0 saturated carbocycles. The zero-order valence-electron chi connectivity index (χ0n) is 17.5. The van der Waals surface area contributed by atoms with Crippen LogP contribution in [0, 0.1) is 13.8 Å². The summed E-state index contributed by atoms with van der Waals surface area (Å²) < 4.78 is 51.8. The highest BCUT2D eigenvalue weighted by atomic mass is 19.4. The third-order valence-electron chi connectivity index (χ3n) is 4.52. The Labute approximate surface area is 182 Å². The molecule has 1 N–H and O–H groups in total. The first-order chi connectivity index (χ1) is 15.2. The molecule has 7 nitrogen and oxygen atoms in total. The molecule has 0 fully saturated rings. The average molecular weight is 449 g/mol. The molecule has 0 radical (unpaired) electrons. The van der Waals surface area contributed by atoms with Crippen LogP contribution in [0.3, 0.4) is 0 Å². The van der Waals surface area contributed by atoms with Crippen LogP contribution in [0.5, 0.6) is 11.6 Å². The van der Waals surface area contributed by atoms with Gasteiger partial charge >= 0.3 is 6.18 Å². The van der Waals surface area contributed by atoms with Gasteiger partial charge in [-0.05, 0) is 37.1 Å². The first-order valence-electron chi connectivity index (χ1n) is 9.74. The monoisotopic (exact) mass is 449 g/mol. The van der Waals surface area contributed by atoms with Gasteiger partial charge in [0.15, 0.2) is 6.61 Å². The third-order valence-corrected chi connectivity index (χ3v) is 4.52. The maximum atomic E-state index is 12.2. The number of carbonyl (C=O) groups is 1. The second-order valence-electron chi connectivity index (χ2n) is 7.10. The average Bonchev–Trinajstić information content (AvgIpc) is 3.08. The normalized spacial score (nSPS) is 11.3. The number of hydrogen-bond donors (Lipinski definition) is 1. The van der Waals surface area contributed by atoms with Gasteiger partial charge in [0.05, 0.1) is 17.7 Å². The van der Waals surface area contributed by atoms with Crippen molar-refractivity contribution in [2.45, 2.75) is 39.6 Å². The van der Waals surface area contributed by atoms with E-state index in [1.807, 2.05) is 13.8 Å². The maximum Gasteiger partial charge on any atom is 0.422 e. The molecule has 0 unspecified atom stereocenters. The molecule has 0 saturated heterocycles. The number of rotatable bonds is 9. The molecule has 0 aliphatic heterocycles. The molecule has 0 aliphatic carbocycles. The standard InChI is InChI=1S/C22H22F3N3O4/c1-14-19(15(2)32-28-14)12-30-18-6-3-16(4-7-18)9-20(29)26-10-17-5-8-21(27-11-17)31-13-22(23,24)25/h3-8,11H,9-10,12-13H2,1-2H3,(H,26,29). The first kappa shape index (κ1) is 23.1. The Balaban J connectivity index is 1.43. The minimum absolute atomic E-state index is 0.130. The van der Waals surface area contributed by atoms with Gasteiger partial charge < -0.3 is 19.3 Å². The molecule has 2 heterocycles. The summed E-state index contributed by atoms with van der Waals surface area (Å²) in [7, 11) is 0. The van der Waals surface area contributed by atoms with Gasteiger partial charge in [0.25, 0.3) is 0 Å². The van der Waals surface area contributed by atoms with E-state index in [1.54, 1.807) is 30.3 Å². The van der Waals surface area contributed by atoms with Crippen molar-refractivity contribution in [3.05, 3.63) is 70.7 Å². The van der Waals surface area contributed by atoms with Crippen molar-refractivity contribution in [2.75, 3.05) is 6.61 Å². The zero-order valence-corrected chi connectivity index (χ0v) is 17.5. The molecule has 0 bridgehead atoms. The number of pyridine rings is 1. The third kappa shape index (κ3) is 7.00. The fourth-order valence-electron chi connectivity index (χ4n) is 2.77. The summed E-state index contributed by atoms with van der Waals surface area (Å²) in [5, 5.41) is 6.63. The van der Waals surface area contributed by atoms with Gasteiger partial charge in [0.1, 0.15) is 18.1 Å². The number of aromatic nitrogens is 2. The molecule has 2 aromatic heterocycles. The summed E-state index contributed by atoms with van der Waals surface area (Å²) in [6.45, 7) is 2.81. The van der Waals surface area contributed by atoms with Gasteiger partial charge in [-0.15, -0.1) is 0 Å². The molecule has 0 atom stereocenters. The molecule has 1 aromatic carbocycles. The van der Waals surface area contributed by atoms with Crippen LogP contribution in [0.25, 0.3) is 0 Å². The Morgan fingerprint density at radius 1 is 1.06 bits per heavy atom. The lowest BCUT2D eigenvalue weighted by atomic mass is 10.1. The Hall–Kier alpha value is -3.56. The molecule has 32 heavy (non-hydrogen) atoms. The maximum absolute atomic E-state index is 12.2. The van der Waals surface area contributed by atoms with Crippen LogP contribution in [0.2, 0.25) is 0 Å². The number of halogens is 3. The van der Waals surface area contributed by atoms with Gasteiger partial charge in [-0.1, -0.05) is 23.4 Å². The van der Waals surface area contributed by atoms with Crippen LogP contribution in [-0.2, 0) is 24.4 Å². The van der Waals surface area contributed by atoms with E-state index in [0.29, 0.717) is 17.9 Å². The number of amides is 1. The van der Waals surface area contributed by atoms with Gasteiger partial charge in [0.2, 0.25) is 11.8 Å². The van der Waals surface area contributed by atoms with E-state index in [4.69, 9.17) is 9.26 Å². The number of carbonyl (C=O) groups excluding carboxylic acids is 1. The molecule has 0 spiro atoms. The Morgan fingerprint density at radius 3 is 2.38 bits per heavy atom. The van der Waals surface area contributed by atoms with Crippen molar-refractivity contribution in [3.8, 4) is 11.6 Å². The summed E-state index contributed by atoms with van der Waals surface area (Å²) >= 11 is 0. The summed E-state index contributed by atoms with van der Waals surface area (Å²) in [5.74, 6) is 1.04. The summed E-state index contributed by atoms with van der Waals surface area (Å²) in [6, 6.07) is 10.0. The number of nitrogens with zero attached hydrogens (tertiary/aromatic N) is 2. The highest BCUT2D eigenvalue weighted by Gasteiger charge is 2.28. The fraction of sp³-hybridized carbons (Fsp3) is 0.318. The first-order valence-corrected chi connectivity index (χ1v) is 9.74. The Morgan fingerprint density at radius 2 is 1.78 bits per heavy atom. The number of ether oxygens (including phenoxy) is 2. The van der Waals surface area contributed by atoms with Gasteiger partial charge in [-0.2, -0.15) is 13.2 Å². The Bertz CT molecular complexity index is 1010. The van der Waals surface area contributed by atoms with Crippen molar-refractivity contribution >= 4 is 5.91 Å². The summed E-state index contributed by atoms with van der Waals surface area (Å²) in [4.78, 5) is 16.0. The van der Waals surface area contributed by atoms with Crippen LogP contribution < -0.4 is 14.8 Å². The van der Waals surface area contributed by atoms with Gasteiger partial charge in [0, 0.05) is 18.8 Å². The van der Waals surface area contributed by atoms with E-state index in [9.17, 15) is 18.0 Å². The fourth-order valence-corrected chi connectivity index (χ4v) is 2.77. The van der Waals surface area contributed by atoms with Gasteiger partial charge in [-0.3, -0.25) is 4.79 Å². The van der Waals surface area contributed by atoms with Crippen LogP contribution in [0.1, 0.15) is 28.1 Å². The minimum atomic E-state index is -4.42. The van der Waals surface area contributed by atoms with E-state index >= 15 is 0 Å². The smallest absolute Gasteiger partial charge is 0.422 e. The molecular weight excluding hydrogens is 427 g/mol. The Kier molecular flexibility index (Phi) is 7.34. The molecule has 170 valence electrons. The molecular formula is C22H22F3N3O4. The van der Waals surface area contributed by atoms with E-state index in [-0.39, 0.29) is 24.8 Å². The highest BCUT2D eigenvalue weighted by Crippen LogP contribution is 2.19. The lowest BCUT2D eigenvalue weighted by molar-refractivity contribution is -0.154. The lowest BCUT2D eigenvalue weighted by Crippen LogP contribution is -2.24. The van der Waals surface area contributed by atoms with E-state index in [1.165, 1.54) is 12.3 Å². The molecule has 3 rings (SSSR count). The topological polar surface area (TPSA) is 86.5 Å². The predicted molar refractivity (Wildman–Crippen MR) is 108 cm³/mol. The van der Waals surface area contributed by atoms with Crippen molar-refractivity contribution in [1.82, 2.24) is 15.5 Å². The molecule has 3 aromatic rings. The van der Waals surface area contributed by atoms with Crippen LogP contribution in [0.4, 0.5) is 13.2 Å². The quantitative estimate of drug-likeness (QED) is 0.530. The van der Waals surface area contributed by atoms with Crippen LogP contribution in [0.15, 0.2) is 47.1 Å². The van der Waals surface area contributed by atoms with Crippen molar-refractivity contribution in [2.24, 2.45) is 0 Å². The summed E-state index contributed by atoms with van der Waals surface area (Å²) in [6.07, 6.45) is -2.89. The second-order valence-corrected chi connectivity index (χ2v) is 7.10. The van der Waals surface area contributed by atoms with Gasteiger partial charge in [-0.25, -0.2) is 4.98 Å². The largest absolute Gasteiger partial charge is 0.489 e. The molecule has 1 amide bonds. The number of hydrogen-bond acceptors (Lipinski definition) is 6. The number of alkyl halides is 3. The molecule has 10 heteroatoms. The van der Waals surface area contributed by atoms with Crippen molar-refractivity contribution < 1.29 is 32.0 Å². The van der Waals surface area contributed by atoms with Crippen molar-refractivity contribution in [3.63, 3.8) is 0 Å². The van der Waals surface area contributed by atoms with E-state index in [2.05, 4.69) is 20.2 Å². The number of nitrogens with one attached hydrogen (secondary N) is 1. The lowest BCUT2D eigenvalue weighted by Gasteiger charge is -2.09. The second kappa shape index (κ2) is 10.2. The van der Waals surface area contributed by atoms with Crippen molar-refractivity contribution in [1.29, 1.82) is 0 Å². The zero-order chi connectivity index (χ0) is 23.1. The van der Waals surface area contributed by atoms with E-state index < -0.39 is 12.8 Å². The predicted octanol–water partition coefficient (Wildman–Crippen LogP) is 4.07. The SMILES string of the molecule is Cc1noc(C)c1COc1ccc(CC(=O)NCc2ccc(OCC(F)(F)F)nc2)cc1.